The van der Waals surface area contributed by atoms with E-state index in [-0.39, 0.29) is 11.2 Å². The Morgan fingerprint density at radius 2 is 1.93 bits per heavy atom. The third kappa shape index (κ3) is 4.51. The maximum Gasteiger partial charge on any atom is 0.237 e. The van der Waals surface area contributed by atoms with Gasteiger partial charge in [0.05, 0.1) is 10.9 Å². The van der Waals surface area contributed by atoms with Gasteiger partial charge in [-0.25, -0.2) is 0 Å². The second kappa shape index (κ2) is 8.15. The van der Waals surface area contributed by atoms with E-state index in [9.17, 15) is 4.79 Å². The average molecular weight is 401 g/mol. The van der Waals surface area contributed by atoms with Gasteiger partial charge in [-0.15, -0.1) is 10.2 Å². The molecular formula is C20H21ClN4OS. The standard InChI is InChI=1S/C20H21ClN4OS/c1-12-5-8-18(14(3)9-12)23-19(26)15(4)27-20-24-22-11-25(20)16-7-6-13(2)17(21)10-16/h5-11,15H,1-4H3,(H,23,26). The van der Waals surface area contributed by atoms with Crippen LogP contribution in [0.2, 0.25) is 5.02 Å². The van der Waals surface area contributed by atoms with Crippen LogP contribution in [0.3, 0.4) is 0 Å². The van der Waals surface area contributed by atoms with Crippen molar-refractivity contribution in [3.05, 3.63) is 64.4 Å². The van der Waals surface area contributed by atoms with Crippen molar-refractivity contribution in [2.45, 2.75) is 38.1 Å². The molecule has 1 unspecified atom stereocenters. The summed E-state index contributed by atoms with van der Waals surface area (Å²) in [5.74, 6) is -0.0801. The van der Waals surface area contributed by atoms with Gasteiger partial charge in [0, 0.05) is 10.7 Å². The van der Waals surface area contributed by atoms with Gasteiger partial charge in [0.1, 0.15) is 6.33 Å². The lowest BCUT2D eigenvalue weighted by atomic mass is 10.1. The molecule has 0 spiro atoms. The van der Waals surface area contributed by atoms with Gasteiger partial charge < -0.3 is 5.32 Å². The van der Waals surface area contributed by atoms with Crippen molar-refractivity contribution in [1.82, 2.24) is 14.8 Å². The van der Waals surface area contributed by atoms with Crippen molar-refractivity contribution < 1.29 is 4.79 Å². The van der Waals surface area contributed by atoms with Crippen LogP contribution in [0.5, 0.6) is 0 Å². The SMILES string of the molecule is Cc1ccc(NC(=O)C(C)Sc2nncn2-c2ccc(C)c(Cl)c2)c(C)c1. The molecule has 1 heterocycles. The molecule has 2 aromatic carbocycles. The van der Waals surface area contributed by atoms with E-state index in [1.165, 1.54) is 11.8 Å². The fraction of sp³-hybridized carbons (Fsp3) is 0.250. The summed E-state index contributed by atoms with van der Waals surface area (Å²) >= 11 is 7.58. The monoisotopic (exact) mass is 400 g/mol. The first kappa shape index (κ1) is 19.5. The Labute approximate surface area is 168 Å². The van der Waals surface area contributed by atoms with Gasteiger partial charge in [0.15, 0.2) is 5.16 Å². The van der Waals surface area contributed by atoms with E-state index in [2.05, 4.69) is 15.5 Å². The second-order valence-electron chi connectivity index (χ2n) is 6.48. The number of hydrogen-bond donors (Lipinski definition) is 1. The Kier molecular flexibility index (Phi) is 5.87. The molecule has 0 radical (unpaired) electrons. The third-order valence-electron chi connectivity index (χ3n) is 4.24. The van der Waals surface area contributed by atoms with E-state index >= 15 is 0 Å². The lowest BCUT2D eigenvalue weighted by Gasteiger charge is -2.14. The van der Waals surface area contributed by atoms with Crippen molar-refractivity contribution in [3.63, 3.8) is 0 Å². The zero-order chi connectivity index (χ0) is 19.6. The first-order chi connectivity index (χ1) is 12.8. The highest BCUT2D eigenvalue weighted by Gasteiger charge is 2.19. The number of thioether (sulfide) groups is 1. The number of hydrogen-bond acceptors (Lipinski definition) is 4. The Hall–Kier alpha value is -2.31. The van der Waals surface area contributed by atoms with E-state index in [1.807, 2.05) is 68.7 Å². The summed E-state index contributed by atoms with van der Waals surface area (Å²) in [7, 11) is 0. The van der Waals surface area contributed by atoms with Crippen molar-refractivity contribution in [1.29, 1.82) is 0 Å². The van der Waals surface area contributed by atoms with E-state index in [0.717, 1.165) is 28.1 Å². The Balaban J connectivity index is 1.74. The highest BCUT2D eigenvalue weighted by molar-refractivity contribution is 8.00. The number of halogens is 1. The van der Waals surface area contributed by atoms with Gasteiger partial charge in [-0.2, -0.15) is 0 Å². The van der Waals surface area contributed by atoms with Crippen molar-refractivity contribution in [3.8, 4) is 5.69 Å². The van der Waals surface area contributed by atoms with Crippen LogP contribution in [0.4, 0.5) is 5.69 Å². The molecule has 0 fully saturated rings. The topological polar surface area (TPSA) is 59.8 Å². The molecule has 1 amide bonds. The number of nitrogens with one attached hydrogen (secondary N) is 1. The first-order valence-electron chi connectivity index (χ1n) is 8.56. The fourth-order valence-corrected chi connectivity index (χ4v) is 3.63. The van der Waals surface area contributed by atoms with Crippen molar-refractivity contribution in [2.75, 3.05) is 5.32 Å². The van der Waals surface area contributed by atoms with Crippen LogP contribution in [-0.2, 0) is 4.79 Å². The summed E-state index contributed by atoms with van der Waals surface area (Å²) in [5, 5.41) is 12.1. The minimum absolute atomic E-state index is 0.0801. The third-order valence-corrected chi connectivity index (χ3v) is 5.71. The minimum Gasteiger partial charge on any atom is -0.325 e. The summed E-state index contributed by atoms with van der Waals surface area (Å²) in [6, 6.07) is 11.7. The molecule has 1 atom stereocenters. The lowest BCUT2D eigenvalue weighted by Crippen LogP contribution is -2.23. The molecule has 1 aromatic heterocycles. The van der Waals surface area contributed by atoms with E-state index in [1.54, 1.807) is 6.33 Å². The molecule has 27 heavy (non-hydrogen) atoms. The molecule has 0 saturated heterocycles. The molecule has 3 rings (SSSR count). The molecule has 1 N–H and O–H groups in total. The maximum absolute atomic E-state index is 12.6. The Morgan fingerprint density at radius 3 is 2.63 bits per heavy atom. The molecule has 0 aliphatic heterocycles. The highest BCUT2D eigenvalue weighted by atomic mass is 35.5. The number of nitrogens with zero attached hydrogens (tertiary/aromatic N) is 3. The van der Waals surface area contributed by atoms with E-state index in [4.69, 9.17) is 11.6 Å². The van der Waals surface area contributed by atoms with Gasteiger partial charge >= 0.3 is 0 Å². The van der Waals surface area contributed by atoms with Crippen LogP contribution in [0.15, 0.2) is 47.9 Å². The van der Waals surface area contributed by atoms with Crippen LogP contribution < -0.4 is 5.32 Å². The quantitative estimate of drug-likeness (QED) is 0.614. The first-order valence-corrected chi connectivity index (χ1v) is 9.82. The van der Waals surface area contributed by atoms with Gasteiger partial charge in [0.2, 0.25) is 5.91 Å². The zero-order valence-corrected chi connectivity index (χ0v) is 17.2. The lowest BCUT2D eigenvalue weighted by molar-refractivity contribution is -0.115. The van der Waals surface area contributed by atoms with E-state index in [0.29, 0.717) is 10.2 Å². The van der Waals surface area contributed by atoms with Crippen LogP contribution in [0.1, 0.15) is 23.6 Å². The van der Waals surface area contributed by atoms with Crippen molar-refractivity contribution >= 4 is 35.0 Å². The molecule has 0 aliphatic rings. The number of carbonyl (C=O) groups is 1. The van der Waals surface area contributed by atoms with Gasteiger partial charge in [-0.1, -0.05) is 47.1 Å². The summed E-state index contributed by atoms with van der Waals surface area (Å²) in [6.45, 7) is 7.82. The largest absolute Gasteiger partial charge is 0.325 e. The van der Waals surface area contributed by atoms with Gasteiger partial charge in [-0.3, -0.25) is 9.36 Å². The second-order valence-corrected chi connectivity index (χ2v) is 8.20. The van der Waals surface area contributed by atoms with E-state index < -0.39 is 0 Å². The number of benzene rings is 2. The number of aromatic nitrogens is 3. The molecule has 5 nitrogen and oxygen atoms in total. The average Bonchev–Trinajstić information content (AvgIpc) is 3.07. The number of anilines is 1. The molecule has 0 bridgehead atoms. The molecule has 3 aromatic rings. The predicted molar refractivity (Wildman–Crippen MR) is 111 cm³/mol. The number of rotatable bonds is 5. The molecule has 0 aliphatic carbocycles. The highest BCUT2D eigenvalue weighted by Crippen LogP contribution is 2.27. The molecule has 140 valence electrons. The summed E-state index contributed by atoms with van der Waals surface area (Å²) in [6.07, 6.45) is 1.62. The normalized spacial score (nSPS) is 12.0. The van der Waals surface area contributed by atoms with Gasteiger partial charge in [-0.05, 0) is 57.0 Å². The summed E-state index contributed by atoms with van der Waals surface area (Å²) < 4.78 is 1.83. The van der Waals surface area contributed by atoms with Crippen LogP contribution in [-0.4, -0.2) is 25.9 Å². The Morgan fingerprint density at radius 1 is 1.15 bits per heavy atom. The van der Waals surface area contributed by atoms with Crippen molar-refractivity contribution in [2.24, 2.45) is 0 Å². The van der Waals surface area contributed by atoms with Crippen LogP contribution in [0, 0.1) is 20.8 Å². The Bertz CT molecular complexity index is 986. The number of amides is 1. The molecular weight excluding hydrogens is 380 g/mol. The smallest absolute Gasteiger partial charge is 0.237 e. The summed E-state index contributed by atoms with van der Waals surface area (Å²) in [4.78, 5) is 12.6. The zero-order valence-electron chi connectivity index (χ0n) is 15.7. The fourth-order valence-electron chi connectivity index (χ4n) is 2.61. The maximum atomic E-state index is 12.6. The van der Waals surface area contributed by atoms with Crippen LogP contribution in [0.25, 0.3) is 5.69 Å². The number of aryl methyl sites for hydroxylation is 3. The van der Waals surface area contributed by atoms with Gasteiger partial charge in [0.25, 0.3) is 0 Å². The minimum atomic E-state index is -0.338. The number of carbonyl (C=O) groups excluding carboxylic acids is 1. The molecule has 0 saturated carbocycles. The summed E-state index contributed by atoms with van der Waals surface area (Å²) in [5.41, 5.74) is 4.89. The van der Waals surface area contributed by atoms with Crippen LogP contribution >= 0.6 is 23.4 Å². The molecule has 7 heteroatoms. The predicted octanol–water partition coefficient (Wildman–Crippen LogP) is 4.97.